The van der Waals surface area contributed by atoms with Gasteiger partial charge in [-0.25, -0.2) is 14.8 Å². The molecule has 2 N–H and O–H groups in total. The second-order valence-electron chi connectivity index (χ2n) is 7.96. The van der Waals surface area contributed by atoms with E-state index >= 15 is 0 Å². The number of anilines is 4. The lowest BCUT2D eigenvalue weighted by molar-refractivity contribution is 0.223. The molecule has 2 aromatic carbocycles. The first-order valence-corrected chi connectivity index (χ1v) is 11.7. The van der Waals surface area contributed by atoms with E-state index in [9.17, 15) is 4.79 Å². The van der Waals surface area contributed by atoms with Gasteiger partial charge in [0.1, 0.15) is 36.1 Å². The monoisotopic (exact) mass is 478 g/mol. The number of nitrogens with zero attached hydrogens (tertiary/aromatic N) is 4. The number of carbonyl (C=O) groups is 1. The molecule has 0 fully saturated rings. The van der Waals surface area contributed by atoms with Crippen molar-refractivity contribution >= 4 is 29.0 Å². The first-order valence-electron chi connectivity index (χ1n) is 11.7. The smallest absolute Gasteiger partial charge is 0.327 e. The van der Waals surface area contributed by atoms with Crippen molar-refractivity contribution in [2.24, 2.45) is 0 Å². The summed E-state index contributed by atoms with van der Waals surface area (Å²) >= 11 is 0. The molecule has 186 valence electrons. The molecule has 0 atom stereocenters. The Morgan fingerprint density at radius 2 is 1.71 bits per heavy atom. The van der Waals surface area contributed by atoms with E-state index in [4.69, 9.17) is 9.47 Å². The van der Waals surface area contributed by atoms with Crippen LogP contribution in [-0.2, 0) is 0 Å². The number of urea groups is 1. The van der Waals surface area contributed by atoms with E-state index in [1.807, 2.05) is 43.3 Å². The fourth-order valence-corrected chi connectivity index (χ4v) is 3.38. The number of aryl methyl sites for hydroxylation is 1. The highest BCUT2D eigenvalue weighted by atomic mass is 16.5. The third-order valence-corrected chi connectivity index (χ3v) is 5.68. The summed E-state index contributed by atoms with van der Waals surface area (Å²) in [5.74, 6) is 2.51. The molecule has 0 aliphatic heterocycles. The number of likely N-dealkylation sites (N-methyl/N-ethyl adjacent to an activating group) is 1. The van der Waals surface area contributed by atoms with Crippen LogP contribution in [0.15, 0.2) is 54.9 Å². The number of amides is 2. The van der Waals surface area contributed by atoms with Crippen LogP contribution in [0, 0.1) is 6.92 Å². The fraction of sp³-hybridized carbons (Fsp3) is 0.346. The molecule has 0 spiro atoms. The Kier molecular flexibility index (Phi) is 9.25. The summed E-state index contributed by atoms with van der Waals surface area (Å²) < 4.78 is 11.1. The van der Waals surface area contributed by atoms with Gasteiger partial charge in [-0.05, 0) is 55.9 Å². The number of ether oxygens (including phenoxy) is 2. The molecule has 0 aliphatic carbocycles. The minimum Gasteiger partial charge on any atom is -0.497 e. The molecule has 0 unspecified atom stereocenters. The van der Waals surface area contributed by atoms with Gasteiger partial charge in [0, 0.05) is 37.1 Å². The van der Waals surface area contributed by atoms with Gasteiger partial charge >= 0.3 is 6.03 Å². The SMILES string of the molecule is CCN(CC)CCOc1ccc(Nc2cc(N(C)C(=O)Nc3cc(OC)ccc3C)ncn2)cc1. The van der Waals surface area contributed by atoms with Crippen LogP contribution in [-0.4, -0.2) is 61.3 Å². The Morgan fingerprint density at radius 1 is 1.00 bits per heavy atom. The van der Waals surface area contributed by atoms with E-state index in [2.05, 4.69) is 39.3 Å². The number of nitrogens with one attached hydrogen (secondary N) is 2. The zero-order valence-electron chi connectivity index (χ0n) is 21.0. The van der Waals surface area contributed by atoms with Gasteiger partial charge in [0.2, 0.25) is 0 Å². The fourth-order valence-electron chi connectivity index (χ4n) is 3.38. The summed E-state index contributed by atoms with van der Waals surface area (Å²) in [6.07, 6.45) is 1.42. The molecule has 35 heavy (non-hydrogen) atoms. The number of hydrogen-bond donors (Lipinski definition) is 2. The summed E-state index contributed by atoms with van der Waals surface area (Å²) in [6, 6.07) is 14.6. The standard InChI is InChI=1S/C26H34N6O3/c1-6-32(7-2)14-15-35-21-12-9-20(10-13-21)29-24-17-25(28-18-27-24)31(4)26(33)30-23-16-22(34-5)11-8-19(23)3/h8-13,16-18H,6-7,14-15H2,1-5H3,(H,30,33)(H,27,28,29). The molecular formula is C26H34N6O3. The molecule has 9 nitrogen and oxygen atoms in total. The van der Waals surface area contributed by atoms with Crippen molar-refractivity contribution in [2.45, 2.75) is 20.8 Å². The van der Waals surface area contributed by atoms with Crippen molar-refractivity contribution in [3.63, 3.8) is 0 Å². The van der Waals surface area contributed by atoms with E-state index in [1.165, 1.54) is 11.2 Å². The van der Waals surface area contributed by atoms with Gasteiger partial charge in [-0.15, -0.1) is 0 Å². The van der Waals surface area contributed by atoms with E-state index in [-0.39, 0.29) is 6.03 Å². The third-order valence-electron chi connectivity index (χ3n) is 5.68. The van der Waals surface area contributed by atoms with Gasteiger partial charge in [-0.2, -0.15) is 0 Å². The van der Waals surface area contributed by atoms with Gasteiger partial charge in [0.05, 0.1) is 7.11 Å². The van der Waals surface area contributed by atoms with Crippen LogP contribution < -0.4 is 25.0 Å². The quantitative estimate of drug-likeness (QED) is 0.404. The summed E-state index contributed by atoms with van der Waals surface area (Å²) in [6.45, 7) is 9.79. The lowest BCUT2D eigenvalue weighted by Crippen LogP contribution is -2.32. The van der Waals surface area contributed by atoms with E-state index in [0.29, 0.717) is 29.7 Å². The average molecular weight is 479 g/mol. The molecule has 9 heteroatoms. The maximum absolute atomic E-state index is 12.8. The highest BCUT2D eigenvalue weighted by Gasteiger charge is 2.15. The molecule has 0 aliphatic rings. The second kappa shape index (κ2) is 12.6. The van der Waals surface area contributed by atoms with Gasteiger partial charge in [-0.3, -0.25) is 4.90 Å². The van der Waals surface area contributed by atoms with Crippen LogP contribution in [0.2, 0.25) is 0 Å². The predicted molar refractivity (Wildman–Crippen MR) is 140 cm³/mol. The highest BCUT2D eigenvalue weighted by molar-refractivity contribution is 6.01. The van der Waals surface area contributed by atoms with Gasteiger partial charge in [0.15, 0.2) is 0 Å². The van der Waals surface area contributed by atoms with Crippen molar-refractivity contribution < 1.29 is 14.3 Å². The Balaban J connectivity index is 1.60. The summed E-state index contributed by atoms with van der Waals surface area (Å²) in [5.41, 5.74) is 2.45. The van der Waals surface area contributed by atoms with Crippen LogP contribution in [0.5, 0.6) is 11.5 Å². The van der Waals surface area contributed by atoms with Crippen LogP contribution in [0.3, 0.4) is 0 Å². The third kappa shape index (κ3) is 7.31. The molecule has 0 saturated carbocycles. The van der Waals surface area contributed by atoms with Crippen molar-refractivity contribution in [1.29, 1.82) is 0 Å². The molecule has 1 heterocycles. The normalized spacial score (nSPS) is 10.7. The maximum Gasteiger partial charge on any atom is 0.327 e. The van der Waals surface area contributed by atoms with Crippen LogP contribution in [0.4, 0.5) is 27.8 Å². The van der Waals surface area contributed by atoms with Crippen LogP contribution in [0.25, 0.3) is 0 Å². The zero-order chi connectivity index (χ0) is 25.2. The Labute approximate surface area is 207 Å². The number of carbonyl (C=O) groups excluding carboxylic acids is 1. The molecule has 0 bridgehead atoms. The average Bonchev–Trinajstić information content (AvgIpc) is 2.88. The molecule has 1 aromatic heterocycles. The number of benzene rings is 2. The Bertz CT molecular complexity index is 1100. The van der Waals surface area contributed by atoms with Gasteiger partial charge < -0.3 is 25.0 Å². The first-order chi connectivity index (χ1) is 16.9. The molecule has 3 rings (SSSR count). The van der Waals surface area contributed by atoms with Gasteiger partial charge in [0.25, 0.3) is 0 Å². The predicted octanol–water partition coefficient (Wildman–Crippen LogP) is 4.93. The first kappa shape index (κ1) is 25.8. The topological polar surface area (TPSA) is 91.9 Å². The number of methoxy groups -OCH3 is 1. The highest BCUT2D eigenvalue weighted by Crippen LogP contribution is 2.24. The zero-order valence-corrected chi connectivity index (χ0v) is 21.0. The minimum absolute atomic E-state index is 0.322. The lowest BCUT2D eigenvalue weighted by Gasteiger charge is -2.19. The van der Waals surface area contributed by atoms with E-state index in [1.54, 1.807) is 26.3 Å². The summed E-state index contributed by atoms with van der Waals surface area (Å²) in [4.78, 5) is 25.1. The molecule has 0 saturated heterocycles. The van der Waals surface area contributed by atoms with Crippen molar-refractivity contribution in [3.8, 4) is 11.5 Å². The molecule has 3 aromatic rings. The summed E-state index contributed by atoms with van der Waals surface area (Å²) in [5, 5.41) is 6.14. The summed E-state index contributed by atoms with van der Waals surface area (Å²) in [7, 11) is 3.24. The van der Waals surface area contributed by atoms with Crippen LogP contribution >= 0.6 is 0 Å². The van der Waals surface area contributed by atoms with Crippen molar-refractivity contribution in [1.82, 2.24) is 14.9 Å². The van der Waals surface area contributed by atoms with Crippen molar-refractivity contribution in [2.75, 3.05) is 55.9 Å². The van der Waals surface area contributed by atoms with E-state index < -0.39 is 0 Å². The second-order valence-corrected chi connectivity index (χ2v) is 7.96. The molecule has 2 amide bonds. The van der Waals surface area contributed by atoms with Crippen molar-refractivity contribution in [3.05, 3.63) is 60.4 Å². The van der Waals surface area contributed by atoms with Crippen LogP contribution in [0.1, 0.15) is 19.4 Å². The Hall–Kier alpha value is -3.85. The molecule has 0 radical (unpaired) electrons. The maximum atomic E-state index is 12.8. The Morgan fingerprint density at radius 3 is 2.40 bits per heavy atom. The lowest BCUT2D eigenvalue weighted by atomic mass is 10.2. The van der Waals surface area contributed by atoms with E-state index in [0.717, 1.165) is 36.6 Å². The number of aromatic nitrogens is 2. The molecular weight excluding hydrogens is 444 g/mol. The number of hydrogen-bond acceptors (Lipinski definition) is 7. The van der Waals surface area contributed by atoms with Gasteiger partial charge in [-0.1, -0.05) is 19.9 Å². The number of rotatable bonds is 11. The largest absolute Gasteiger partial charge is 0.497 e. The minimum atomic E-state index is -0.322.